The number of carbonyl (C=O) groups excluding carboxylic acids is 1. The number of amides is 1. The molecule has 4 saturated heterocycles. The molecule has 0 bridgehead atoms. The fourth-order valence-corrected chi connectivity index (χ4v) is 5.85. The van der Waals surface area contributed by atoms with Crippen LogP contribution >= 0.6 is 0 Å². The maximum Gasteiger partial charge on any atom is 0.217 e. The molecular weight excluding hydrogens is 630 g/mol. The zero-order valence-electron chi connectivity index (χ0n) is 25.1. The number of aliphatic hydroxyl groups excluding tert-OH is 11. The summed E-state index contributed by atoms with van der Waals surface area (Å²) < 4.78 is 39.0. The number of ether oxygens (including phenoxy) is 7. The molecule has 0 aromatic rings. The van der Waals surface area contributed by atoms with E-state index in [1.807, 2.05) is 0 Å². The summed E-state index contributed by atoms with van der Waals surface area (Å²) in [5.74, 6) is -0.688. The molecule has 20 nitrogen and oxygen atoms in total. The van der Waals surface area contributed by atoms with Crippen LogP contribution < -0.4 is 5.32 Å². The van der Waals surface area contributed by atoms with E-state index in [-0.39, 0.29) is 0 Å². The first-order chi connectivity index (χ1) is 21.6. The zero-order chi connectivity index (χ0) is 34.2. The van der Waals surface area contributed by atoms with E-state index in [0.717, 1.165) is 6.92 Å². The quantitative estimate of drug-likeness (QED) is 0.108. The first-order valence-corrected chi connectivity index (χ1v) is 14.8. The topological polar surface area (TPSA) is 316 Å². The largest absolute Gasteiger partial charge is 0.394 e. The van der Waals surface area contributed by atoms with Crippen LogP contribution in [-0.4, -0.2) is 198 Å². The molecular formula is C26H45NO19. The second kappa shape index (κ2) is 15.5. The highest BCUT2D eigenvalue weighted by molar-refractivity contribution is 5.73. The lowest BCUT2D eigenvalue weighted by atomic mass is 9.94. The lowest BCUT2D eigenvalue weighted by Crippen LogP contribution is -2.69. The van der Waals surface area contributed by atoms with Crippen molar-refractivity contribution in [3.63, 3.8) is 0 Å². The summed E-state index contributed by atoms with van der Waals surface area (Å²) in [5.41, 5.74) is 0. The van der Waals surface area contributed by atoms with Gasteiger partial charge in [-0.15, -0.1) is 0 Å². The molecule has 268 valence electrons. The number of nitrogens with one attached hydrogen (secondary N) is 1. The highest BCUT2D eigenvalue weighted by atomic mass is 16.8. The third kappa shape index (κ3) is 7.64. The summed E-state index contributed by atoms with van der Waals surface area (Å²) in [6.07, 6.45) is -30.4. The highest BCUT2D eigenvalue weighted by Crippen LogP contribution is 2.34. The van der Waals surface area contributed by atoms with Crippen LogP contribution in [0.5, 0.6) is 0 Å². The minimum absolute atomic E-state index is 0.688. The molecule has 4 fully saturated rings. The lowest BCUT2D eigenvalue weighted by molar-refractivity contribution is -0.377. The molecule has 0 saturated carbocycles. The predicted octanol–water partition coefficient (Wildman–Crippen LogP) is -7.55. The van der Waals surface area contributed by atoms with E-state index >= 15 is 0 Å². The third-order valence-corrected chi connectivity index (χ3v) is 8.53. The summed E-state index contributed by atoms with van der Waals surface area (Å²) in [7, 11) is 0. The van der Waals surface area contributed by atoms with Gasteiger partial charge in [-0.25, -0.2) is 0 Å². The molecule has 4 heterocycles. The maximum atomic E-state index is 12.2. The smallest absolute Gasteiger partial charge is 0.217 e. The third-order valence-electron chi connectivity index (χ3n) is 8.53. The fraction of sp³-hybridized carbons (Fsp3) is 0.962. The van der Waals surface area contributed by atoms with Gasteiger partial charge in [-0.3, -0.25) is 4.79 Å². The second-order valence-corrected chi connectivity index (χ2v) is 11.8. The van der Waals surface area contributed by atoms with Gasteiger partial charge >= 0.3 is 0 Å². The molecule has 1 amide bonds. The van der Waals surface area contributed by atoms with E-state index < -0.39 is 142 Å². The number of rotatable bonds is 9. The number of aliphatic hydroxyl groups is 11. The maximum absolute atomic E-state index is 12.2. The fourth-order valence-electron chi connectivity index (χ4n) is 5.85. The molecule has 4 aliphatic rings. The monoisotopic (exact) mass is 675 g/mol. The van der Waals surface area contributed by atoms with Crippen LogP contribution in [0.25, 0.3) is 0 Å². The van der Waals surface area contributed by atoms with Gasteiger partial charge in [0.2, 0.25) is 5.91 Å². The van der Waals surface area contributed by atoms with Crippen LogP contribution in [0.2, 0.25) is 0 Å². The molecule has 0 unspecified atom stereocenters. The summed E-state index contributed by atoms with van der Waals surface area (Å²) in [6, 6.07) is -1.47. The van der Waals surface area contributed by atoms with E-state index in [0.29, 0.717) is 0 Å². The molecule has 0 spiro atoms. The number of hydrogen-bond acceptors (Lipinski definition) is 19. The zero-order valence-corrected chi connectivity index (χ0v) is 25.1. The van der Waals surface area contributed by atoms with Crippen molar-refractivity contribution < 1.29 is 94.1 Å². The minimum Gasteiger partial charge on any atom is -0.394 e. The molecule has 4 aliphatic heterocycles. The van der Waals surface area contributed by atoms with Crippen molar-refractivity contribution in [1.82, 2.24) is 5.32 Å². The van der Waals surface area contributed by atoms with Gasteiger partial charge < -0.3 is 94.6 Å². The van der Waals surface area contributed by atoms with Gasteiger partial charge in [-0.05, 0) is 13.8 Å². The van der Waals surface area contributed by atoms with Crippen LogP contribution in [0, 0.1) is 0 Å². The molecule has 4 rings (SSSR count). The van der Waals surface area contributed by atoms with E-state index in [1.54, 1.807) is 0 Å². The van der Waals surface area contributed by atoms with Crippen molar-refractivity contribution in [2.45, 2.75) is 144 Å². The minimum atomic E-state index is -1.93. The van der Waals surface area contributed by atoms with Crippen molar-refractivity contribution in [2.75, 3.05) is 13.2 Å². The summed E-state index contributed by atoms with van der Waals surface area (Å²) >= 11 is 0. The molecule has 20 atom stereocenters. The van der Waals surface area contributed by atoms with Gasteiger partial charge in [0, 0.05) is 6.92 Å². The van der Waals surface area contributed by atoms with E-state index in [9.17, 15) is 61.0 Å². The van der Waals surface area contributed by atoms with Gasteiger partial charge in [0.25, 0.3) is 0 Å². The Balaban J connectivity index is 1.52. The Bertz CT molecular complexity index is 995. The van der Waals surface area contributed by atoms with E-state index in [2.05, 4.69) is 5.32 Å². The summed E-state index contributed by atoms with van der Waals surface area (Å²) in [4.78, 5) is 12.2. The molecule has 46 heavy (non-hydrogen) atoms. The Morgan fingerprint density at radius 1 is 0.565 bits per heavy atom. The predicted molar refractivity (Wildman–Crippen MR) is 143 cm³/mol. The Labute approximate surface area is 262 Å². The average molecular weight is 676 g/mol. The van der Waals surface area contributed by atoms with Crippen molar-refractivity contribution in [1.29, 1.82) is 0 Å². The Hall–Kier alpha value is -1.25. The highest BCUT2D eigenvalue weighted by Gasteiger charge is 2.55. The van der Waals surface area contributed by atoms with Gasteiger partial charge in [-0.2, -0.15) is 0 Å². The molecule has 0 aromatic carbocycles. The van der Waals surface area contributed by atoms with Crippen LogP contribution in [0.1, 0.15) is 20.8 Å². The number of carbonyl (C=O) groups is 1. The summed E-state index contributed by atoms with van der Waals surface area (Å²) in [6.45, 7) is 2.33. The number of hydrogen-bond donors (Lipinski definition) is 12. The Morgan fingerprint density at radius 3 is 1.67 bits per heavy atom. The summed E-state index contributed by atoms with van der Waals surface area (Å²) in [5, 5.41) is 116. The SMILES string of the molecule is CC(=O)N[C@H]1[C@H](O[C@@H]2[C@H](O)[C@@H](O)[C@H](C)O[C@H]2O)O[C@H](CO)[C@@H](O)[C@@H]1O[C@@H]1O[C@@H](C)[C@H](O[C@H]2O[C@H](CO)[C@@H](O)[C@H](O)[C@H]2O)[C@@H](O)[C@H]1O. The van der Waals surface area contributed by atoms with Crippen LogP contribution in [0.15, 0.2) is 0 Å². The van der Waals surface area contributed by atoms with Gasteiger partial charge in [0.05, 0.1) is 25.4 Å². The van der Waals surface area contributed by atoms with Crippen LogP contribution in [0.4, 0.5) is 0 Å². The normalized spacial score (nSPS) is 51.9. The molecule has 0 aromatic heterocycles. The molecule has 12 N–H and O–H groups in total. The molecule has 0 aliphatic carbocycles. The van der Waals surface area contributed by atoms with Crippen molar-refractivity contribution in [3.05, 3.63) is 0 Å². The van der Waals surface area contributed by atoms with E-state index in [1.165, 1.54) is 13.8 Å². The van der Waals surface area contributed by atoms with Crippen LogP contribution in [-0.2, 0) is 38.0 Å². The van der Waals surface area contributed by atoms with Gasteiger partial charge in [0.1, 0.15) is 85.4 Å². The Kier molecular flexibility index (Phi) is 12.7. The van der Waals surface area contributed by atoms with Crippen molar-refractivity contribution in [3.8, 4) is 0 Å². The lowest BCUT2D eigenvalue weighted by Gasteiger charge is -2.49. The van der Waals surface area contributed by atoms with Crippen molar-refractivity contribution in [2.24, 2.45) is 0 Å². The first kappa shape index (κ1) is 37.6. The van der Waals surface area contributed by atoms with Crippen molar-refractivity contribution >= 4 is 5.91 Å². The molecule has 20 heteroatoms. The van der Waals surface area contributed by atoms with Gasteiger partial charge in [-0.1, -0.05) is 0 Å². The van der Waals surface area contributed by atoms with Gasteiger partial charge in [0.15, 0.2) is 25.2 Å². The van der Waals surface area contributed by atoms with E-state index in [4.69, 9.17) is 33.2 Å². The Morgan fingerprint density at radius 2 is 1.07 bits per heavy atom. The average Bonchev–Trinajstić information content (AvgIpc) is 3.01. The standard InChI is InChI=1S/C26H45NO19/c1-6-12(31)16(35)22(23(39)40-6)46-24-11(27-8(3)30)21(14(33)10(5-29)42-24)45-25-19(38)17(36)20(7(2)41-25)44-26-18(37)15(34)13(32)9(4-28)43-26/h6-7,9-26,28-29,31-39H,4-5H2,1-3H3,(H,27,30)/t6-,7-,9+,10+,11+,12-,13+,14+,15-,16+,17-,18+,19+,20-,21+,22+,23+,24-,25-,26+/m0/s1. The second-order valence-electron chi connectivity index (χ2n) is 11.8. The van der Waals surface area contributed by atoms with Crippen LogP contribution in [0.3, 0.4) is 0 Å². The molecule has 0 radical (unpaired) electrons. The first-order valence-electron chi connectivity index (χ1n) is 14.8.